The molecule has 1 N–H and O–H groups in total. The van der Waals surface area contributed by atoms with Crippen LogP contribution in [0.15, 0.2) is 30.3 Å². The third kappa shape index (κ3) is 2.85. The van der Waals surface area contributed by atoms with E-state index in [0.717, 1.165) is 16.9 Å². The maximum Gasteiger partial charge on any atom is 0.136 e. The van der Waals surface area contributed by atoms with Crippen LogP contribution >= 0.6 is 11.3 Å². The van der Waals surface area contributed by atoms with Gasteiger partial charge in [-0.05, 0) is 36.6 Å². The highest BCUT2D eigenvalue weighted by molar-refractivity contribution is 7.12. The van der Waals surface area contributed by atoms with Crippen LogP contribution in [-0.4, -0.2) is 5.11 Å². The molecular formula is C18H22O2S. The summed E-state index contributed by atoms with van der Waals surface area (Å²) in [6, 6.07) is 10.3. The number of ether oxygens (including phenoxy) is 1. The van der Waals surface area contributed by atoms with Gasteiger partial charge >= 0.3 is 0 Å². The summed E-state index contributed by atoms with van der Waals surface area (Å²) in [5, 5.41) is 10.4. The van der Waals surface area contributed by atoms with E-state index in [1.54, 1.807) is 11.3 Å². The Morgan fingerprint density at radius 3 is 2.62 bits per heavy atom. The van der Waals surface area contributed by atoms with Crippen molar-refractivity contribution < 1.29 is 9.84 Å². The van der Waals surface area contributed by atoms with Crippen molar-refractivity contribution in [2.24, 2.45) is 0 Å². The van der Waals surface area contributed by atoms with Crippen LogP contribution in [-0.2, 0) is 5.41 Å². The quantitative estimate of drug-likeness (QED) is 0.811. The molecule has 1 unspecified atom stereocenters. The second kappa shape index (κ2) is 5.15. The van der Waals surface area contributed by atoms with Crippen LogP contribution in [0.1, 0.15) is 60.3 Å². The lowest BCUT2D eigenvalue weighted by Gasteiger charge is -2.29. The highest BCUT2D eigenvalue weighted by atomic mass is 32.1. The van der Waals surface area contributed by atoms with Crippen molar-refractivity contribution in [1.82, 2.24) is 0 Å². The maximum absolute atomic E-state index is 10.4. The number of hydrogen-bond acceptors (Lipinski definition) is 3. The maximum atomic E-state index is 10.4. The number of thiophene rings is 1. The molecule has 0 aliphatic carbocycles. The third-order valence-corrected chi connectivity index (χ3v) is 5.52. The standard InChI is InChI=1S/C18H22O2S/c1-11-5-6-14-12(9-11)13(19)10-15(20-14)16-7-8-17(21-16)18(2,3)4/h5-9,13,15,19H,10H2,1-4H3/t13-,15?/m0/s1. The minimum absolute atomic E-state index is 0.0451. The molecule has 0 saturated carbocycles. The molecule has 2 heterocycles. The number of rotatable bonds is 1. The van der Waals surface area contributed by atoms with E-state index in [0.29, 0.717) is 6.42 Å². The predicted octanol–water partition coefficient (Wildman–Crippen LogP) is 4.91. The fourth-order valence-electron chi connectivity index (χ4n) is 2.67. The number of aliphatic hydroxyl groups is 1. The number of benzene rings is 1. The van der Waals surface area contributed by atoms with Gasteiger partial charge in [-0.25, -0.2) is 0 Å². The number of aryl methyl sites for hydroxylation is 1. The molecule has 1 aliphatic rings. The summed E-state index contributed by atoms with van der Waals surface area (Å²) in [6.45, 7) is 8.69. The van der Waals surface area contributed by atoms with Crippen molar-refractivity contribution in [1.29, 1.82) is 0 Å². The van der Waals surface area contributed by atoms with Gasteiger partial charge in [0.2, 0.25) is 0 Å². The lowest BCUT2D eigenvalue weighted by molar-refractivity contribution is 0.0674. The molecule has 2 atom stereocenters. The van der Waals surface area contributed by atoms with Gasteiger partial charge in [-0.1, -0.05) is 32.4 Å². The first kappa shape index (κ1) is 14.6. The Morgan fingerprint density at radius 2 is 1.95 bits per heavy atom. The molecule has 0 bridgehead atoms. The normalized spacial score (nSPS) is 21.8. The van der Waals surface area contributed by atoms with Crippen LogP contribution < -0.4 is 4.74 Å². The summed E-state index contributed by atoms with van der Waals surface area (Å²) in [6.07, 6.45) is 0.135. The van der Waals surface area contributed by atoms with Gasteiger partial charge in [-0.2, -0.15) is 0 Å². The van der Waals surface area contributed by atoms with Crippen LogP contribution in [0.5, 0.6) is 5.75 Å². The minimum Gasteiger partial charge on any atom is -0.484 e. The lowest BCUT2D eigenvalue weighted by atomic mass is 9.94. The molecule has 0 saturated heterocycles. The zero-order valence-corrected chi connectivity index (χ0v) is 13.8. The highest BCUT2D eigenvalue weighted by Crippen LogP contribution is 2.43. The zero-order valence-electron chi connectivity index (χ0n) is 13.0. The third-order valence-electron chi connectivity index (χ3n) is 3.91. The van der Waals surface area contributed by atoms with Crippen LogP contribution in [0, 0.1) is 6.92 Å². The van der Waals surface area contributed by atoms with Crippen molar-refractivity contribution in [3.63, 3.8) is 0 Å². The van der Waals surface area contributed by atoms with Gasteiger partial charge in [-0.3, -0.25) is 0 Å². The minimum atomic E-state index is -0.446. The Hall–Kier alpha value is -1.32. The predicted molar refractivity (Wildman–Crippen MR) is 87.1 cm³/mol. The van der Waals surface area contributed by atoms with E-state index in [1.807, 2.05) is 25.1 Å². The summed E-state index contributed by atoms with van der Waals surface area (Å²) in [7, 11) is 0. The van der Waals surface area contributed by atoms with E-state index in [9.17, 15) is 5.11 Å². The first-order valence-corrected chi connectivity index (χ1v) is 8.22. The molecule has 2 nitrogen and oxygen atoms in total. The van der Waals surface area contributed by atoms with Crippen molar-refractivity contribution in [3.05, 3.63) is 51.2 Å². The second-order valence-electron chi connectivity index (χ2n) is 6.85. The summed E-state index contributed by atoms with van der Waals surface area (Å²) < 4.78 is 6.12. The van der Waals surface area contributed by atoms with Crippen molar-refractivity contribution in [2.45, 2.75) is 51.7 Å². The van der Waals surface area contributed by atoms with Gasteiger partial charge in [0.05, 0.1) is 6.10 Å². The smallest absolute Gasteiger partial charge is 0.136 e. The summed E-state index contributed by atoms with van der Waals surface area (Å²) in [5.41, 5.74) is 2.23. The summed E-state index contributed by atoms with van der Waals surface area (Å²) in [5.74, 6) is 0.815. The van der Waals surface area contributed by atoms with Crippen molar-refractivity contribution in [2.75, 3.05) is 0 Å². The average molecular weight is 302 g/mol. The Kier molecular flexibility index (Phi) is 3.58. The van der Waals surface area contributed by atoms with Crippen LogP contribution in [0.3, 0.4) is 0 Å². The molecule has 2 aromatic rings. The van der Waals surface area contributed by atoms with Crippen molar-refractivity contribution in [3.8, 4) is 5.75 Å². The van der Waals surface area contributed by atoms with Crippen molar-refractivity contribution >= 4 is 11.3 Å². The zero-order chi connectivity index (χ0) is 15.2. The Labute approximate surface area is 130 Å². The van der Waals surface area contributed by atoms with Gasteiger partial charge < -0.3 is 9.84 Å². The topological polar surface area (TPSA) is 29.5 Å². The van der Waals surface area contributed by atoms with E-state index in [2.05, 4.69) is 32.9 Å². The van der Waals surface area contributed by atoms with Gasteiger partial charge in [0, 0.05) is 21.7 Å². The molecule has 1 aromatic heterocycles. The Balaban J connectivity index is 1.89. The molecule has 0 radical (unpaired) electrons. The molecule has 112 valence electrons. The molecule has 1 aromatic carbocycles. The van der Waals surface area contributed by atoms with Crippen LogP contribution in [0.4, 0.5) is 0 Å². The average Bonchev–Trinajstić information content (AvgIpc) is 2.89. The molecule has 1 aliphatic heterocycles. The molecule has 3 rings (SSSR count). The SMILES string of the molecule is Cc1ccc2c(c1)[C@@H](O)CC(c1ccc(C(C)(C)C)s1)O2. The Bertz CT molecular complexity index is 651. The van der Waals surface area contributed by atoms with Gasteiger partial charge in [0.1, 0.15) is 11.9 Å². The lowest BCUT2D eigenvalue weighted by Crippen LogP contribution is -2.18. The molecular weight excluding hydrogens is 280 g/mol. The van der Waals surface area contributed by atoms with Gasteiger partial charge in [0.15, 0.2) is 0 Å². The van der Waals surface area contributed by atoms with Gasteiger partial charge in [-0.15, -0.1) is 11.3 Å². The van der Waals surface area contributed by atoms with E-state index < -0.39 is 6.10 Å². The second-order valence-corrected chi connectivity index (χ2v) is 7.97. The van der Waals surface area contributed by atoms with Crippen LogP contribution in [0.25, 0.3) is 0 Å². The number of hydrogen-bond donors (Lipinski definition) is 1. The fraction of sp³-hybridized carbons (Fsp3) is 0.444. The van der Waals surface area contributed by atoms with Crippen LogP contribution in [0.2, 0.25) is 0 Å². The van der Waals surface area contributed by atoms with E-state index in [4.69, 9.17) is 4.74 Å². The highest BCUT2D eigenvalue weighted by Gasteiger charge is 2.29. The first-order chi connectivity index (χ1) is 9.84. The molecule has 0 amide bonds. The molecule has 0 spiro atoms. The first-order valence-electron chi connectivity index (χ1n) is 7.40. The summed E-state index contributed by atoms with van der Waals surface area (Å²) in [4.78, 5) is 2.55. The molecule has 3 heteroatoms. The number of aliphatic hydroxyl groups excluding tert-OH is 1. The molecule has 0 fully saturated rings. The largest absolute Gasteiger partial charge is 0.484 e. The number of fused-ring (bicyclic) bond motifs is 1. The van der Waals surface area contributed by atoms with Gasteiger partial charge in [0.25, 0.3) is 0 Å². The monoisotopic (exact) mass is 302 g/mol. The van der Waals surface area contributed by atoms with E-state index >= 15 is 0 Å². The van der Waals surface area contributed by atoms with E-state index in [1.165, 1.54) is 9.75 Å². The fourth-order valence-corrected chi connectivity index (χ4v) is 3.78. The summed E-state index contributed by atoms with van der Waals surface area (Å²) >= 11 is 1.79. The Morgan fingerprint density at radius 1 is 1.19 bits per heavy atom. The van der Waals surface area contributed by atoms with E-state index in [-0.39, 0.29) is 11.5 Å². The molecule has 21 heavy (non-hydrogen) atoms.